The summed E-state index contributed by atoms with van der Waals surface area (Å²) in [5.74, 6) is 1.41. The molecule has 1 N–H and O–H groups in total. The first kappa shape index (κ1) is 15.2. The number of hydrogen-bond acceptors (Lipinski definition) is 1. The van der Waals surface area contributed by atoms with Gasteiger partial charge in [0.1, 0.15) is 0 Å². The zero-order valence-electron chi connectivity index (χ0n) is 12.9. The van der Waals surface area contributed by atoms with E-state index >= 15 is 0 Å². The van der Waals surface area contributed by atoms with Crippen molar-refractivity contribution in [3.8, 4) is 0 Å². The van der Waals surface area contributed by atoms with Crippen LogP contribution < -0.4 is 5.32 Å². The lowest BCUT2D eigenvalue weighted by atomic mass is 9.82. The molecule has 1 aromatic rings. The number of benzene rings is 1. The van der Waals surface area contributed by atoms with Gasteiger partial charge in [0.2, 0.25) is 0 Å². The quantitative estimate of drug-likeness (QED) is 0.797. The van der Waals surface area contributed by atoms with Crippen LogP contribution in [0.4, 0.5) is 0 Å². The van der Waals surface area contributed by atoms with Crippen LogP contribution in [-0.2, 0) is 6.42 Å². The van der Waals surface area contributed by atoms with E-state index in [0.29, 0.717) is 17.9 Å². The highest BCUT2D eigenvalue weighted by molar-refractivity contribution is 5.34. The van der Waals surface area contributed by atoms with Gasteiger partial charge in [0.25, 0.3) is 0 Å². The van der Waals surface area contributed by atoms with Gasteiger partial charge in [-0.15, -0.1) is 0 Å². The summed E-state index contributed by atoms with van der Waals surface area (Å²) in [6.45, 7) is 14.7. The fraction of sp³-hybridized carbons (Fsp3) is 0.647. The predicted octanol–water partition coefficient (Wildman–Crippen LogP) is 4.12. The van der Waals surface area contributed by atoms with Gasteiger partial charge in [0.15, 0.2) is 0 Å². The third kappa shape index (κ3) is 3.84. The molecule has 1 rings (SSSR count). The van der Waals surface area contributed by atoms with Crippen LogP contribution in [0.2, 0.25) is 0 Å². The van der Waals surface area contributed by atoms with E-state index in [9.17, 15) is 0 Å². The van der Waals surface area contributed by atoms with Gasteiger partial charge in [-0.05, 0) is 62.3 Å². The van der Waals surface area contributed by atoms with Crippen LogP contribution in [0.25, 0.3) is 0 Å². The second kappa shape index (κ2) is 6.94. The van der Waals surface area contributed by atoms with Crippen LogP contribution in [0.1, 0.15) is 44.4 Å². The Morgan fingerprint density at radius 1 is 1.06 bits per heavy atom. The number of rotatable bonds is 6. The van der Waals surface area contributed by atoms with Crippen molar-refractivity contribution in [1.82, 2.24) is 5.32 Å². The largest absolute Gasteiger partial charge is 0.314 e. The maximum absolute atomic E-state index is 3.59. The Morgan fingerprint density at radius 3 is 2.06 bits per heavy atom. The summed E-state index contributed by atoms with van der Waals surface area (Å²) in [6, 6.07) is 7.20. The highest BCUT2D eigenvalue weighted by Crippen LogP contribution is 2.24. The lowest BCUT2D eigenvalue weighted by Crippen LogP contribution is -2.37. The molecule has 0 radical (unpaired) electrons. The average Bonchev–Trinajstić information content (AvgIpc) is 2.28. The fourth-order valence-electron chi connectivity index (χ4n) is 2.87. The molecule has 2 atom stereocenters. The van der Waals surface area contributed by atoms with Gasteiger partial charge < -0.3 is 5.32 Å². The monoisotopic (exact) mass is 247 g/mol. The topological polar surface area (TPSA) is 12.0 Å². The minimum atomic E-state index is 0.578. The summed E-state index contributed by atoms with van der Waals surface area (Å²) in [4.78, 5) is 0. The third-order valence-electron chi connectivity index (χ3n) is 4.11. The highest BCUT2D eigenvalue weighted by atomic mass is 14.9. The van der Waals surface area contributed by atoms with Crippen molar-refractivity contribution in [2.24, 2.45) is 11.8 Å². The lowest BCUT2D eigenvalue weighted by molar-refractivity contribution is 0.291. The molecule has 0 bridgehead atoms. The maximum Gasteiger partial charge on any atom is 0.00725 e. The van der Waals surface area contributed by atoms with Crippen LogP contribution in [0.15, 0.2) is 18.2 Å². The van der Waals surface area contributed by atoms with Gasteiger partial charge >= 0.3 is 0 Å². The molecule has 1 nitrogen and oxygen atoms in total. The lowest BCUT2D eigenvalue weighted by Gasteiger charge is -2.29. The third-order valence-corrected chi connectivity index (χ3v) is 4.11. The van der Waals surface area contributed by atoms with Crippen molar-refractivity contribution >= 4 is 0 Å². The molecule has 1 heteroatoms. The van der Waals surface area contributed by atoms with E-state index in [0.717, 1.165) is 6.54 Å². The molecule has 0 aromatic heterocycles. The van der Waals surface area contributed by atoms with E-state index < -0.39 is 0 Å². The second-order valence-corrected chi connectivity index (χ2v) is 5.83. The molecule has 18 heavy (non-hydrogen) atoms. The Kier molecular flexibility index (Phi) is 5.87. The van der Waals surface area contributed by atoms with E-state index in [-0.39, 0.29) is 0 Å². The van der Waals surface area contributed by atoms with Crippen LogP contribution in [0.5, 0.6) is 0 Å². The zero-order chi connectivity index (χ0) is 13.7. The molecule has 0 heterocycles. The van der Waals surface area contributed by atoms with Gasteiger partial charge in [-0.25, -0.2) is 0 Å². The number of aryl methyl sites for hydroxylation is 2. The van der Waals surface area contributed by atoms with E-state index in [1.807, 2.05) is 0 Å². The highest BCUT2D eigenvalue weighted by Gasteiger charge is 2.21. The van der Waals surface area contributed by atoms with Gasteiger partial charge in [-0.1, -0.05) is 39.0 Å². The normalized spacial score (nSPS) is 14.8. The van der Waals surface area contributed by atoms with Gasteiger partial charge in [-0.3, -0.25) is 0 Å². The Labute approximate surface area is 113 Å². The molecule has 0 saturated carbocycles. The molecule has 0 amide bonds. The van der Waals surface area contributed by atoms with Crippen molar-refractivity contribution in [2.75, 3.05) is 6.54 Å². The van der Waals surface area contributed by atoms with Crippen LogP contribution >= 0.6 is 0 Å². The summed E-state index contributed by atoms with van der Waals surface area (Å²) in [5.41, 5.74) is 4.41. The van der Waals surface area contributed by atoms with E-state index in [4.69, 9.17) is 0 Å². The zero-order valence-corrected chi connectivity index (χ0v) is 12.9. The minimum Gasteiger partial charge on any atom is -0.314 e. The summed E-state index contributed by atoms with van der Waals surface area (Å²) in [5, 5.41) is 3.59. The standard InChI is InChI=1S/C17H29N/c1-7-18-15(6)16(12(2)3)11-17-13(4)9-8-10-14(17)5/h8-10,12,15-16,18H,7,11H2,1-6H3. The van der Waals surface area contributed by atoms with E-state index in [1.165, 1.54) is 17.5 Å². The molecule has 0 saturated heterocycles. The Bertz CT molecular complexity index is 348. The molecule has 0 aliphatic heterocycles. The molecular formula is C17H29N. The van der Waals surface area contributed by atoms with Gasteiger partial charge in [0.05, 0.1) is 0 Å². The average molecular weight is 247 g/mol. The summed E-state index contributed by atoms with van der Waals surface area (Å²) < 4.78 is 0. The predicted molar refractivity (Wildman–Crippen MR) is 81.1 cm³/mol. The van der Waals surface area contributed by atoms with E-state index in [1.54, 1.807) is 5.56 Å². The van der Waals surface area contributed by atoms with Crippen molar-refractivity contribution in [3.05, 3.63) is 34.9 Å². The van der Waals surface area contributed by atoms with Crippen LogP contribution in [0, 0.1) is 25.7 Å². The molecule has 2 unspecified atom stereocenters. The van der Waals surface area contributed by atoms with Crippen LogP contribution in [-0.4, -0.2) is 12.6 Å². The maximum atomic E-state index is 3.59. The smallest absolute Gasteiger partial charge is 0.00725 e. The SMILES string of the molecule is CCNC(C)C(Cc1c(C)cccc1C)C(C)C. The first-order valence-electron chi connectivity index (χ1n) is 7.25. The summed E-state index contributed by atoms with van der Waals surface area (Å²) >= 11 is 0. The molecule has 0 aliphatic carbocycles. The molecule has 0 aliphatic rings. The van der Waals surface area contributed by atoms with E-state index in [2.05, 4.69) is 65.1 Å². The van der Waals surface area contributed by atoms with Gasteiger partial charge in [0, 0.05) is 6.04 Å². The van der Waals surface area contributed by atoms with Crippen molar-refractivity contribution < 1.29 is 0 Å². The minimum absolute atomic E-state index is 0.578. The molecular weight excluding hydrogens is 218 g/mol. The van der Waals surface area contributed by atoms with Gasteiger partial charge in [-0.2, -0.15) is 0 Å². The molecule has 0 spiro atoms. The second-order valence-electron chi connectivity index (χ2n) is 5.83. The Morgan fingerprint density at radius 2 is 1.61 bits per heavy atom. The fourth-order valence-corrected chi connectivity index (χ4v) is 2.87. The van der Waals surface area contributed by atoms with Crippen LogP contribution in [0.3, 0.4) is 0 Å². The Balaban J connectivity index is 2.90. The molecule has 102 valence electrons. The first-order valence-corrected chi connectivity index (χ1v) is 7.25. The summed E-state index contributed by atoms with van der Waals surface area (Å²) in [6.07, 6.45) is 1.18. The van der Waals surface area contributed by atoms with Crippen molar-refractivity contribution in [3.63, 3.8) is 0 Å². The first-order chi connectivity index (χ1) is 8.47. The summed E-state index contributed by atoms with van der Waals surface area (Å²) in [7, 11) is 0. The molecule has 1 aromatic carbocycles. The molecule has 0 fully saturated rings. The van der Waals surface area contributed by atoms with Crippen molar-refractivity contribution in [2.45, 2.75) is 54.0 Å². The van der Waals surface area contributed by atoms with Crippen molar-refractivity contribution in [1.29, 1.82) is 0 Å². The number of hydrogen-bond donors (Lipinski definition) is 1. The Hall–Kier alpha value is -0.820. The number of nitrogens with one attached hydrogen (secondary N) is 1.